The largest absolute Gasteiger partial charge is 0.0944 e. The minimum atomic E-state index is 0.577. The lowest BCUT2D eigenvalue weighted by Crippen LogP contribution is -2.01. The average Bonchev–Trinajstić information content (AvgIpc) is 4.33. The predicted molar refractivity (Wildman–Crippen MR) is 340 cm³/mol. The van der Waals surface area contributed by atoms with E-state index in [2.05, 4.69) is 260 Å². The van der Waals surface area contributed by atoms with Gasteiger partial charge < -0.3 is 0 Å². The first-order chi connectivity index (χ1) is 37.7. The van der Waals surface area contributed by atoms with E-state index in [-0.39, 0.29) is 0 Å². The van der Waals surface area contributed by atoms with E-state index in [9.17, 15) is 0 Å². The van der Waals surface area contributed by atoms with Crippen LogP contribution in [0.1, 0.15) is 152 Å². The second kappa shape index (κ2) is 29.2. The summed E-state index contributed by atoms with van der Waals surface area (Å²) in [7, 11) is 0. The third-order valence-electron chi connectivity index (χ3n) is 14.9. The average molecular weight is 1010 g/mol. The lowest BCUT2D eigenvalue weighted by molar-refractivity contribution is 0.751. The fourth-order valence-corrected chi connectivity index (χ4v) is 10.4. The molecule has 1 unspecified atom stereocenters. The van der Waals surface area contributed by atoms with Crippen LogP contribution in [-0.2, 0) is 6.42 Å². The number of hydrogen-bond acceptors (Lipinski definition) is 0. The highest BCUT2D eigenvalue weighted by molar-refractivity contribution is 5.87. The van der Waals surface area contributed by atoms with Gasteiger partial charge in [-0.05, 0) is 204 Å². The second-order valence-electron chi connectivity index (χ2n) is 20.7. The number of hydrogen-bond donors (Lipinski definition) is 0. The van der Waals surface area contributed by atoms with Crippen LogP contribution >= 0.6 is 0 Å². The molecule has 1 saturated carbocycles. The Morgan fingerprint density at radius 3 is 1.99 bits per heavy atom. The molecule has 0 spiro atoms. The molecule has 11 rings (SSSR count). The van der Waals surface area contributed by atoms with Crippen LogP contribution in [0, 0.1) is 31.6 Å². The van der Waals surface area contributed by atoms with Crippen molar-refractivity contribution in [3.05, 3.63) is 268 Å². The number of benzene rings is 6. The Hall–Kier alpha value is -7.46. The number of allylic oxidation sites excluding steroid dienone is 18. The first kappa shape index (κ1) is 57.2. The topological polar surface area (TPSA) is 0 Å². The third-order valence-corrected chi connectivity index (χ3v) is 14.9. The van der Waals surface area contributed by atoms with Gasteiger partial charge in [-0.1, -0.05) is 252 Å². The molecule has 0 amide bonds. The van der Waals surface area contributed by atoms with Crippen LogP contribution in [-0.4, -0.2) is 0 Å². The fraction of sp³-hybridized carbons (Fsp3) is 0.273. The molecule has 6 aromatic carbocycles. The Morgan fingerprint density at radius 2 is 1.30 bits per heavy atom. The molecule has 5 aliphatic carbocycles. The van der Waals surface area contributed by atoms with Crippen molar-refractivity contribution in [3.63, 3.8) is 0 Å². The van der Waals surface area contributed by atoms with E-state index < -0.39 is 0 Å². The van der Waals surface area contributed by atoms with Crippen molar-refractivity contribution in [1.82, 2.24) is 0 Å². The Morgan fingerprint density at radius 1 is 0.636 bits per heavy atom. The normalized spacial score (nSPS) is 15.8. The molecule has 0 heterocycles. The Labute approximate surface area is 465 Å². The molecule has 0 N–H and O–H groups in total. The smallest absolute Gasteiger partial charge is 0.0279 e. The van der Waals surface area contributed by atoms with Gasteiger partial charge in [-0.2, -0.15) is 0 Å². The summed E-state index contributed by atoms with van der Waals surface area (Å²) in [5.41, 5.74) is 27.4. The van der Waals surface area contributed by atoms with Gasteiger partial charge in [0.2, 0.25) is 0 Å². The van der Waals surface area contributed by atoms with E-state index in [0.717, 1.165) is 25.7 Å². The summed E-state index contributed by atoms with van der Waals surface area (Å²) in [6.07, 6.45) is 35.5. The van der Waals surface area contributed by atoms with Crippen LogP contribution < -0.4 is 0 Å². The summed E-state index contributed by atoms with van der Waals surface area (Å²) >= 11 is 0. The van der Waals surface area contributed by atoms with Crippen LogP contribution in [0.15, 0.2) is 229 Å². The SMILES string of the molecule is C/C(=C\CC#CC=C1CC1)c1cccc(-c2cc(-c3ccccc3)cc(-c3ccc(C)cc3)c2)c1C.CC.CC.CC(C)C1=CCC(c2ccccc2)C=C1.CC1=CC=C(c2cccc3c2CC2=C3CCCC=C2)C=CC1. The maximum Gasteiger partial charge on any atom is 0.0279 e. The van der Waals surface area contributed by atoms with Crippen LogP contribution in [0.2, 0.25) is 0 Å². The van der Waals surface area contributed by atoms with Crippen LogP contribution in [0.4, 0.5) is 0 Å². The molecule has 1 fully saturated rings. The molecule has 392 valence electrons. The quantitative estimate of drug-likeness (QED) is 0.133. The first-order valence-electron chi connectivity index (χ1n) is 28.9. The summed E-state index contributed by atoms with van der Waals surface area (Å²) in [5.74, 6) is 7.70. The van der Waals surface area contributed by atoms with E-state index in [4.69, 9.17) is 0 Å². The van der Waals surface area contributed by atoms with Gasteiger partial charge in [0.1, 0.15) is 0 Å². The van der Waals surface area contributed by atoms with Gasteiger partial charge in [0.15, 0.2) is 0 Å². The van der Waals surface area contributed by atoms with Gasteiger partial charge in [0.25, 0.3) is 0 Å². The van der Waals surface area contributed by atoms with Crippen LogP contribution in [0.5, 0.6) is 0 Å². The first-order valence-corrected chi connectivity index (χ1v) is 28.9. The zero-order chi connectivity index (χ0) is 54.5. The number of fused-ring (bicyclic) bond motifs is 2. The van der Waals surface area contributed by atoms with Crippen molar-refractivity contribution in [3.8, 4) is 45.2 Å². The summed E-state index contributed by atoms with van der Waals surface area (Å²) in [4.78, 5) is 0. The molecule has 0 aliphatic heterocycles. The van der Waals surface area contributed by atoms with Crippen molar-refractivity contribution in [2.24, 2.45) is 5.92 Å². The van der Waals surface area contributed by atoms with Gasteiger partial charge >= 0.3 is 0 Å². The highest BCUT2D eigenvalue weighted by atomic mass is 14.3. The van der Waals surface area contributed by atoms with E-state index in [1.165, 1.54) is 132 Å². The number of rotatable bonds is 8. The van der Waals surface area contributed by atoms with Crippen molar-refractivity contribution in [2.45, 2.75) is 133 Å². The summed E-state index contributed by atoms with van der Waals surface area (Å²) in [5, 5.41) is 0. The molecule has 0 saturated heterocycles. The molecule has 77 heavy (non-hydrogen) atoms. The maximum atomic E-state index is 3.28. The van der Waals surface area contributed by atoms with Gasteiger partial charge in [-0.15, -0.1) is 0 Å². The third kappa shape index (κ3) is 15.8. The lowest BCUT2D eigenvalue weighted by Gasteiger charge is -2.18. The number of aryl methyl sites for hydroxylation is 1. The van der Waals surface area contributed by atoms with E-state index >= 15 is 0 Å². The van der Waals surface area contributed by atoms with Crippen molar-refractivity contribution in [1.29, 1.82) is 0 Å². The van der Waals surface area contributed by atoms with Crippen molar-refractivity contribution < 1.29 is 0 Å². The van der Waals surface area contributed by atoms with E-state index in [1.807, 2.05) is 27.7 Å². The van der Waals surface area contributed by atoms with Crippen molar-refractivity contribution >= 4 is 16.7 Å². The maximum absolute atomic E-state index is 3.28. The minimum absolute atomic E-state index is 0.577. The Bertz CT molecular complexity index is 3270. The molecule has 0 heteroatoms. The van der Waals surface area contributed by atoms with E-state index in [0.29, 0.717) is 11.8 Å². The summed E-state index contributed by atoms with van der Waals surface area (Å²) in [6, 6.07) is 50.7. The standard InChI is InChI=1S/C36H32.C22H22.C15H18.2C2H6/c1-26-17-21-31(22-18-26)33-23-32(30-13-8-5-9-14-30)24-34(25-33)36-16-10-15-35(28(36)3)27(2)11-6-4-7-12-29-19-20-29;1-16-7-5-9-17(14-13-16)19-11-6-12-21-20-10-4-2-3-8-18(20)15-22(19)21;1-12(2)13-8-10-15(11-9-13)14-6-4-3-5-7-14;2*1-2/h5,8-18,21-25H,6,19-20H2,1-3H3;3,5-6,8-9,11-14H,2,4,7,10,15H2,1H3;3-10,12,15H,11H2,1-2H3;2*1-2H3/b27-11+;;;;. The highest BCUT2D eigenvalue weighted by Crippen LogP contribution is 2.42. The molecule has 0 radical (unpaired) electrons. The van der Waals surface area contributed by atoms with Gasteiger partial charge in [-0.3, -0.25) is 0 Å². The predicted octanol–water partition coefficient (Wildman–Crippen LogP) is 22.2. The molecule has 0 bridgehead atoms. The van der Waals surface area contributed by atoms with E-state index in [1.54, 1.807) is 11.1 Å². The molecule has 1 atom stereocenters. The van der Waals surface area contributed by atoms with Gasteiger partial charge in [0.05, 0.1) is 0 Å². The van der Waals surface area contributed by atoms with Crippen LogP contribution in [0.25, 0.3) is 50.1 Å². The van der Waals surface area contributed by atoms with Crippen LogP contribution in [0.3, 0.4) is 0 Å². The van der Waals surface area contributed by atoms with Gasteiger partial charge in [0, 0.05) is 12.3 Å². The zero-order valence-electron chi connectivity index (χ0n) is 48.1. The molecule has 6 aromatic rings. The Balaban J connectivity index is 0.000000178. The monoisotopic (exact) mass is 1010 g/mol. The zero-order valence-corrected chi connectivity index (χ0v) is 48.1. The second-order valence-corrected chi connectivity index (χ2v) is 20.7. The molecule has 5 aliphatic rings. The fourth-order valence-electron chi connectivity index (χ4n) is 10.4. The highest BCUT2D eigenvalue weighted by Gasteiger charge is 2.24. The van der Waals surface area contributed by atoms with Gasteiger partial charge in [-0.25, -0.2) is 0 Å². The minimum Gasteiger partial charge on any atom is -0.0944 e. The summed E-state index contributed by atoms with van der Waals surface area (Å²) in [6.45, 7) is 21.3. The molecular formula is C77H84. The molecule has 0 aromatic heterocycles. The summed E-state index contributed by atoms with van der Waals surface area (Å²) < 4.78 is 0. The molecular weight excluding hydrogens is 925 g/mol. The van der Waals surface area contributed by atoms with Crippen molar-refractivity contribution in [2.75, 3.05) is 0 Å². The lowest BCUT2D eigenvalue weighted by atomic mass is 9.87. The molecule has 0 nitrogen and oxygen atoms in total. The Kier molecular flexibility index (Phi) is 21.7.